The highest BCUT2D eigenvalue weighted by Gasteiger charge is 2.32. The molecule has 0 spiro atoms. The number of rotatable bonds is 6. The van der Waals surface area contributed by atoms with Crippen LogP contribution in [-0.4, -0.2) is 33.3 Å². The van der Waals surface area contributed by atoms with Crippen molar-refractivity contribution in [1.82, 2.24) is 5.32 Å². The van der Waals surface area contributed by atoms with Crippen LogP contribution in [0.5, 0.6) is 0 Å². The highest BCUT2D eigenvalue weighted by atomic mass is 32.2. The first kappa shape index (κ1) is 15.3. The molecule has 1 fully saturated rings. The minimum atomic E-state index is -3.28. The SMILES string of the molecule is CCCCN(c1ccccc1)S(=O)(=O)C1CCCNC1. The summed E-state index contributed by atoms with van der Waals surface area (Å²) < 4.78 is 27.4. The molecule has 1 heterocycles. The highest BCUT2D eigenvalue weighted by molar-refractivity contribution is 7.93. The van der Waals surface area contributed by atoms with Gasteiger partial charge in [-0.2, -0.15) is 0 Å². The lowest BCUT2D eigenvalue weighted by atomic mass is 10.2. The third-order valence-electron chi connectivity index (χ3n) is 3.74. The van der Waals surface area contributed by atoms with Crippen LogP contribution in [0.3, 0.4) is 0 Å². The fourth-order valence-electron chi connectivity index (χ4n) is 2.55. The monoisotopic (exact) mass is 296 g/mol. The zero-order chi connectivity index (χ0) is 14.4. The molecule has 1 saturated heterocycles. The van der Waals surface area contributed by atoms with E-state index in [0.29, 0.717) is 13.1 Å². The third kappa shape index (κ3) is 3.52. The van der Waals surface area contributed by atoms with Crippen molar-refractivity contribution < 1.29 is 8.42 Å². The third-order valence-corrected chi connectivity index (χ3v) is 5.99. The molecular weight excluding hydrogens is 272 g/mol. The summed E-state index contributed by atoms with van der Waals surface area (Å²) in [6.45, 7) is 4.14. The Morgan fingerprint density at radius 1 is 1.30 bits per heavy atom. The molecule has 1 N–H and O–H groups in total. The number of unbranched alkanes of at least 4 members (excludes halogenated alkanes) is 1. The Kier molecular flexibility index (Phi) is 5.43. The number of nitrogens with zero attached hydrogens (tertiary/aromatic N) is 1. The summed E-state index contributed by atoms with van der Waals surface area (Å²) in [6.07, 6.45) is 3.56. The maximum atomic E-state index is 12.9. The topological polar surface area (TPSA) is 49.4 Å². The van der Waals surface area contributed by atoms with Crippen molar-refractivity contribution in [3.05, 3.63) is 30.3 Å². The first-order valence-corrected chi connectivity index (χ1v) is 8.94. The predicted octanol–water partition coefficient (Wildman–Crippen LogP) is 2.37. The lowest BCUT2D eigenvalue weighted by Crippen LogP contribution is -2.46. The summed E-state index contributed by atoms with van der Waals surface area (Å²) in [5.74, 6) is 0. The summed E-state index contributed by atoms with van der Waals surface area (Å²) in [5, 5.41) is 2.90. The second-order valence-corrected chi connectivity index (χ2v) is 7.41. The van der Waals surface area contributed by atoms with Crippen molar-refractivity contribution in [2.45, 2.75) is 37.9 Å². The fraction of sp³-hybridized carbons (Fsp3) is 0.600. The first-order valence-electron chi connectivity index (χ1n) is 7.43. The molecule has 0 saturated carbocycles. The van der Waals surface area contributed by atoms with Gasteiger partial charge in [0.05, 0.1) is 10.9 Å². The van der Waals surface area contributed by atoms with Gasteiger partial charge in [-0.05, 0) is 37.9 Å². The van der Waals surface area contributed by atoms with E-state index < -0.39 is 10.0 Å². The maximum Gasteiger partial charge on any atom is 0.239 e. The van der Waals surface area contributed by atoms with Gasteiger partial charge in [0.25, 0.3) is 0 Å². The number of para-hydroxylation sites is 1. The van der Waals surface area contributed by atoms with E-state index in [9.17, 15) is 8.42 Å². The van der Waals surface area contributed by atoms with Crippen molar-refractivity contribution in [1.29, 1.82) is 0 Å². The van der Waals surface area contributed by atoms with E-state index in [1.807, 2.05) is 30.3 Å². The minimum absolute atomic E-state index is 0.298. The molecule has 1 aliphatic rings. The fourth-order valence-corrected chi connectivity index (χ4v) is 4.51. The zero-order valence-corrected chi connectivity index (χ0v) is 12.9. The molecule has 0 amide bonds. The van der Waals surface area contributed by atoms with Gasteiger partial charge in [0.2, 0.25) is 10.0 Å². The van der Waals surface area contributed by atoms with Crippen molar-refractivity contribution in [2.75, 3.05) is 23.9 Å². The zero-order valence-electron chi connectivity index (χ0n) is 12.1. The van der Waals surface area contributed by atoms with Crippen LogP contribution in [0.2, 0.25) is 0 Å². The predicted molar refractivity (Wildman–Crippen MR) is 83.5 cm³/mol. The number of sulfonamides is 1. The van der Waals surface area contributed by atoms with Crippen molar-refractivity contribution in [2.24, 2.45) is 0 Å². The molecule has 112 valence electrons. The lowest BCUT2D eigenvalue weighted by molar-refractivity contribution is 0.494. The quantitative estimate of drug-likeness (QED) is 0.877. The van der Waals surface area contributed by atoms with Crippen LogP contribution in [-0.2, 0) is 10.0 Å². The van der Waals surface area contributed by atoms with Crippen LogP contribution in [0, 0.1) is 0 Å². The molecule has 1 aliphatic heterocycles. The van der Waals surface area contributed by atoms with Crippen molar-refractivity contribution in [3.8, 4) is 0 Å². The van der Waals surface area contributed by atoms with Gasteiger partial charge < -0.3 is 5.32 Å². The molecule has 1 aromatic carbocycles. The number of nitrogens with one attached hydrogen (secondary N) is 1. The Hall–Kier alpha value is -1.07. The standard InChI is InChI=1S/C15H24N2O2S/c1-2-3-12-17(14-8-5-4-6-9-14)20(18,19)15-10-7-11-16-13-15/h4-6,8-9,15-16H,2-3,7,10-13H2,1H3. The molecule has 2 rings (SSSR count). The van der Waals surface area contributed by atoms with Gasteiger partial charge in [0, 0.05) is 13.1 Å². The molecule has 4 nitrogen and oxygen atoms in total. The van der Waals surface area contributed by atoms with Gasteiger partial charge in [0.1, 0.15) is 0 Å². The van der Waals surface area contributed by atoms with E-state index in [1.54, 1.807) is 4.31 Å². The summed E-state index contributed by atoms with van der Waals surface area (Å²) in [6, 6.07) is 9.45. The molecular formula is C15H24N2O2S. The van der Waals surface area contributed by atoms with Crippen molar-refractivity contribution in [3.63, 3.8) is 0 Å². The summed E-state index contributed by atoms with van der Waals surface area (Å²) in [5.41, 5.74) is 0.784. The van der Waals surface area contributed by atoms with Crippen LogP contribution >= 0.6 is 0 Å². The average molecular weight is 296 g/mol. The molecule has 0 radical (unpaired) electrons. The van der Waals surface area contributed by atoms with E-state index in [2.05, 4.69) is 12.2 Å². The number of piperidine rings is 1. The van der Waals surface area contributed by atoms with Crippen LogP contribution in [0.15, 0.2) is 30.3 Å². The summed E-state index contributed by atoms with van der Waals surface area (Å²) in [7, 11) is -3.28. The molecule has 0 aromatic heterocycles. The largest absolute Gasteiger partial charge is 0.315 e. The van der Waals surface area contributed by atoms with Crippen LogP contribution in [0.25, 0.3) is 0 Å². The van der Waals surface area contributed by atoms with E-state index >= 15 is 0 Å². The summed E-state index contributed by atoms with van der Waals surface area (Å²) >= 11 is 0. The Balaban J connectivity index is 2.25. The van der Waals surface area contributed by atoms with Crippen LogP contribution in [0.4, 0.5) is 5.69 Å². The van der Waals surface area contributed by atoms with Crippen LogP contribution in [0.1, 0.15) is 32.6 Å². The van der Waals surface area contributed by atoms with Gasteiger partial charge in [0.15, 0.2) is 0 Å². The lowest BCUT2D eigenvalue weighted by Gasteiger charge is -2.31. The Morgan fingerprint density at radius 3 is 2.65 bits per heavy atom. The molecule has 1 atom stereocenters. The normalized spacial score (nSPS) is 19.8. The minimum Gasteiger partial charge on any atom is -0.315 e. The number of hydrogen-bond donors (Lipinski definition) is 1. The van der Waals surface area contributed by atoms with Gasteiger partial charge in [-0.15, -0.1) is 0 Å². The first-order chi connectivity index (χ1) is 9.66. The molecule has 0 bridgehead atoms. The molecule has 0 aliphatic carbocycles. The van der Waals surface area contributed by atoms with Crippen molar-refractivity contribution >= 4 is 15.7 Å². The Labute approximate surface area is 122 Å². The molecule has 1 aromatic rings. The van der Waals surface area contributed by atoms with E-state index in [-0.39, 0.29) is 5.25 Å². The average Bonchev–Trinajstić information content (AvgIpc) is 2.49. The second-order valence-electron chi connectivity index (χ2n) is 5.27. The number of hydrogen-bond acceptors (Lipinski definition) is 3. The molecule has 1 unspecified atom stereocenters. The van der Waals surface area contributed by atoms with Crippen LogP contribution < -0.4 is 9.62 Å². The van der Waals surface area contributed by atoms with E-state index in [1.165, 1.54) is 0 Å². The van der Waals surface area contributed by atoms with Gasteiger partial charge in [-0.1, -0.05) is 31.5 Å². The van der Waals surface area contributed by atoms with E-state index in [0.717, 1.165) is 37.9 Å². The number of benzene rings is 1. The maximum absolute atomic E-state index is 12.9. The molecule has 20 heavy (non-hydrogen) atoms. The Morgan fingerprint density at radius 2 is 2.05 bits per heavy atom. The summed E-state index contributed by atoms with van der Waals surface area (Å²) in [4.78, 5) is 0. The Bertz CT molecular complexity index is 496. The van der Waals surface area contributed by atoms with E-state index in [4.69, 9.17) is 0 Å². The highest BCUT2D eigenvalue weighted by Crippen LogP contribution is 2.24. The van der Waals surface area contributed by atoms with Gasteiger partial charge in [-0.25, -0.2) is 8.42 Å². The molecule has 5 heteroatoms. The van der Waals surface area contributed by atoms with Gasteiger partial charge in [-0.3, -0.25) is 4.31 Å². The second kappa shape index (κ2) is 7.09. The van der Waals surface area contributed by atoms with Gasteiger partial charge >= 0.3 is 0 Å². The smallest absolute Gasteiger partial charge is 0.239 e. The number of anilines is 1.